The third kappa shape index (κ3) is 5.11. The maximum atomic E-state index is 12.5. The summed E-state index contributed by atoms with van der Waals surface area (Å²) in [5.74, 6) is -0.139. The molecule has 20 heavy (non-hydrogen) atoms. The number of amides is 2. The van der Waals surface area contributed by atoms with Crippen LogP contribution in [0.3, 0.4) is 0 Å². The fourth-order valence-corrected chi connectivity index (χ4v) is 2.87. The van der Waals surface area contributed by atoms with E-state index in [-0.39, 0.29) is 42.5 Å². The zero-order chi connectivity index (χ0) is 15.5. The van der Waals surface area contributed by atoms with Gasteiger partial charge < -0.3 is 10.2 Å². The molecule has 6 nitrogen and oxygen atoms in total. The predicted octanol–water partition coefficient (Wildman–Crippen LogP) is 0.183. The molecular weight excluding hydrogens is 280 g/mol. The van der Waals surface area contributed by atoms with E-state index < -0.39 is 15.9 Å². The van der Waals surface area contributed by atoms with Gasteiger partial charge >= 0.3 is 0 Å². The standard InChI is InChI=1S/C13H24N2O4S/c1-9(2)7-11-13(17)15(5-6-20(4,18)19)10(3)8-12(16)14-11/h9-11H,5-8H2,1-4H3,(H,14,16). The van der Waals surface area contributed by atoms with E-state index in [1.54, 1.807) is 6.92 Å². The van der Waals surface area contributed by atoms with Gasteiger partial charge in [-0.25, -0.2) is 8.42 Å². The van der Waals surface area contributed by atoms with Gasteiger partial charge in [-0.15, -0.1) is 0 Å². The molecular formula is C13H24N2O4S. The zero-order valence-corrected chi connectivity index (χ0v) is 13.4. The molecule has 1 aliphatic rings. The maximum Gasteiger partial charge on any atom is 0.245 e. The molecule has 1 saturated heterocycles. The zero-order valence-electron chi connectivity index (χ0n) is 12.5. The molecule has 0 aromatic carbocycles. The van der Waals surface area contributed by atoms with Gasteiger partial charge in [0, 0.05) is 25.3 Å². The first-order valence-electron chi connectivity index (χ1n) is 6.87. The van der Waals surface area contributed by atoms with Crippen molar-refractivity contribution in [3.8, 4) is 0 Å². The molecule has 0 radical (unpaired) electrons. The highest BCUT2D eigenvalue weighted by Crippen LogP contribution is 2.16. The minimum atomic E-state index is -3.14. The Morgan fingerprint density at radius 1 is 1.35 bits per heavy atom. The molecule has 0 aromatic heterocycles. The van der Waals surface area contributed by atoms with Crippen LogP contribution < -0.4 is 5.32 Å². The number of hydrogen-bond donors (Lipinski definition) is 1. The SMILES string of the molecule is CC(C)CC1NC(=O)CC(C)N(CCS(C)(=O)=O)C1=O. The highest BCUT2D eigenvalue weighted by molar-refractivity contribution is 7.90. The highest BCUT2D eigenvalue weighted by Gasteiger charge is 2.34. The third-order valence-electron chi connectivity index (χ3n) is 3.34. The van der Waals surface area contributed by atoms with Crippen LogP contribution in [0.5, 0.6) is 0 Å². The minimum Gasteiger partial charge on any atom is -0.344 e. The summed E-state index contributed by atoms with van der Waals surface area (Å²) in [6.45, 7) is 5.88. The van der Waals surface area contributed by atoms with Gasteiger partial charge in [0.2, 0.25) is 11.8 Å². The van der Waals surface area contributed by atoms with Crippen molar-refractivity contribution in [2.75, 3.05) is 18.6 Å². The topological polar surface area (TPSA) is 83.6 Å². The number of carbonyl (C=O) groups excluding carboxylic acids is 2. The number of nitrogens with zero attached hydrogens (tertiary/aromatic N) is 1. The molecule has 0 saturated carbocycles. The second-order valence-corrected chi connectivity index (χ2v) is 8.22. The van der Waals surface area contributed by atoms with Crippen molar-refractivity contribution in [1.29, 1.82) is 0 Å². The van der Waals surface area contributed by atoms with Crippen molar-refractivity contribution >= 4 is 21.7 Å². The summed E-state index contributed by atoms with van der Waals surface area (Å²) in [7, 11) is -3.14. The highest BCUT2D eigenvalue weighted by atomic mass is 32.2. The third-order valence-corrected chi connectivity index (χ3v) is 4.26. The van der Waals surface area contributed by atoms with Crippen LogP contribution in [0, 0.1) is 5.92 Å². The van der Waals surface area contributed by atoms with Gasteiger partial charge in [-0.1, -0.05) is 13.8 Å². The molecule has 0 aromatic rings. The first-order chi connectivity index (χ1) is 9.10. The smallest absolute Gasteiger partial charge is 0.245 e. The molecule has 0 spiro atoms. The number of hydrogen-bond acceptors (Lipinski definition) is 4. The van der Waals surface area contributed by atoms with Crippen LogP contribution >= 0.6 is 0 Å². The van der Waals surface area contributed by atoms with Gasteiger partial charge in [0.05, 0.1) is 5.75 Å². The molecule has 1 N–H and O–H groups in total. The molecule has 0 aliphatic carbocycles. The van der Waals surface area contributed by atoms with Crippen molar-refractivity contribution in [1.82, 2.24) is 10.2 Å². The molecule has 116 valence electrons. The summed E-state index contributed by atoms with van der Waals surface area (Å²) in [6, 6.07) is -0.826. The van der Waals surface area contributed by atoms with Crippen LogP contribution in [0.4, 0.5) is 0 Å². The van der Waals surface area contributed by atoms with Crippen molar-refractivity contribution in [3.63, 3.8) is 0 Å². The number of nitrogens with one attached hydrogen (secondary N) is 1. The molecule has 1 aliphatic heterocycles. The van der Waals surface area contributed by atoms with E-state index in [4.69, 9.17) is 0 Å². The number of carbonyl (C=O) groups is 2. The van der Waals surface area contributed by atoms with E-state index in [1.807, 2.05) is 13.8 Å². The van der Waals surface area contributed by atoms with E-state index in [2.05, 4.69) is 5.32 Å². The van der Waals surface area contributed by atoms with Gasteiger partial charge in [-0.3, -0.25) is 9.59 Å². The Labute approximate surface area is 120 Å². The maximum absolute atomic E-state index is 12.5. The molecule has 1 fully saturated rings. The van der Waals surface area contributed by atoms with Crippen LogP contribution in [-0.4, -0.2) is 55.8 Å². The summed E-state index contributed by atoms with van der Waals surface area (Å²) in [5, 5.41) is 2.74. The van der Waals surface area contributed by atoms with Crippen LogP contribution in [0.25, 0.3) is 0 Å². The van der Waals surface area contributed by atoms with Crippen molar-refractivity contribution in [2.45, 2.75) is 45.7 Å². The lowest BCUT2D eigenvalue weighted by atomic mass is 10.0. The largest absolute Gasteiger partial charge is 0.344 e. The van der Waals surface area contributed by atoms with Crippen molar-refractivity contribution in [2.24, 2.45) is 5.92 Å². The number of rotatable bonds is 5. The Kier molecular flexibility index (Phi) is 5.56. The quantitative estimate of drug-likeness (QED) is 0.785. The lowest BCUT2D eigenvalue weighted by Gasteiger charge is -2.29. The second kappa shape index (κ2) is 6.56. The summed E-state index contributed by atoms with van der Waals surface area (Å²) in [4.78, 5) is 25.8. The lowest BCUT2D eigenvalue weighted by Crippen LogP contribution is -2.48. The van der Waals surface area contributed by atoms with E-state index in [0.29, 0.717) is 6.42 Å². The molecule has 2 atom stereocenters. The first-order valence-corrected chi connectivity index (χ1v) is 8.93. The van der Waals surface area contributed by atoms with Gasteiger partial charge in [-0.05, 0) is 19.3 Å². The Balaban J connectivity index is 2.88. The predicted molar refractivity (Wildman–Crippen MR) is 76.9 cm³/mol. The number of sulfone groups is 1. The van der Waals surface area contributed by atoms with Crippen LogP contribution in [0.2, 0.25) is 0 Å². The first kappa shape index (κ1) is 16.9. The second-order valence-electron chi connectivity index (χ2n) is 5.96. The van der Waals surface area contributed by atoms with Crippen molar-refractivity contribution < 1.29 is 18.0 Å². The average Bonchev–Trinajstić information content (AvgIpc) is 2.33. The van der Waals surface area contributed by atoms with Gasteiger partial charge in [0.25, 0.3) is 0 Å². The summed E-state index contributed by atoms with van der Waals surface area (Å²) in [5.41, 5.74) is 0. The van der Waals surface area contributed by atoms with E-state index in [9.17, 15) is 18.0 Å². The average molecular weight is 304 g/mol. The van der Waals surface area contributed by atoms with E-state index in [1.165, 1.54) is 4.90 Å². The van der Waals surface area contributed by atoms with Crippen LogP contribution in [-0.2, 0) is 19.4 Å². The molecule has 2 unspecified atom stereocenters. The Hall–Kier alpha value is -1.11. The van der Waals surface area contributed by atoms with Crippen molar-refractivity contribution in [3.05, 3.63) is 0 Å². The molecule has 1 heterocycles. The van der Waals surface area contributed by atoms with Crippen LogP contribution in [0.15, 0.2) is 0 Å². The monoisotopic (exact) mass is 304 g/mol. The summed E-state index contributed by atoms with van der Waals surface area (Å²) >= 11 is 0. The van der Waals surface area contributed by atoms with Gasteiger partial charge in [0.1, 0.15) is 15.9 Å². The lowest BCUT2D eigenvalue weighted by molar-refractivity contribution is -0.135. The Bertz CT molecular complexity index is 473. The van der Waals surface area contributed by atoms with E-state index in [0.717, 1.165) is 6.26 Å². The summed E-state index contributed by atoms with van der Waals surface area (Å²) < 4.78 is 22.6. The molecule has 1 rings (SSSR count). The minimum absolute atomic E-state index is 0.0777. The Morgan fingerprint density at radius 2 is 1.95 bits per heavy atom. The fraction of sp³-hybridized carbons (Fsp3) is 0.846. The molecule has 0 bridgehead atoms. The summed E-state index contributed by atoms with van der Waals surface area (Å²) in [6.07, 6.45) is 1.92. The van der Waals surface area contributed by atoms with Crippen LogP contribution in [0.1, 0.15) is 33.6 Å². The van der Waals surface area contributed by atoms with Gasteiger partial charge in [0.15, 0.2) is 0 Å². The normalized spacial score (nSPS) is 24.8. The fourth-order valence-electron chi connectivity index (χ4n) is 2.34. The Morgan fingerprint density at radius 3 is 2.45 bits per heavy atom. The van der Waals surface area contributed by atoms with E-state index >= 15 is 0 Å². The molecule has 7 heteroatoms. The van der Waals surface area contributed by atoms with Gasteiger partial charge in [-0.2, -0.15) is 0 Å². The molecule has 2 amide bonds.